The van der Waals surface area contributed by atoms with Crippen LogP contribution in [0.2, 0.25) is 0 Å². The highest BCUT2D eigenvalue weighted by molar-refractivity contribution is 6.10. The Labute approximate surface area is 74.1 Å². The van der Waals surface area contributed by atoms with Crippen LogP contribution in [0.1, 0.15) is 0 Å². The molecule has 13 heavy (non-hydrogen) atoms. The number of hydrogen-bond acceptors (Lipinski definition) is 6. The van der Waals surface area contributed by atoms with Crippen molar-refractivity contribution in [1.29, 1.82) is 0 Å². The van der Waals surface area contributed by atoms with Crippen molar-refractivity contribution in [1.82, 2.24) is 10.2 Å². The molecule has 3 aliphatic rings. The molecule has 1 N–H and O–H groups in total. The Balaban J connectivity index is 2.15. The van der Waals surface area contributed by atoms with Crippen LogP contribution in [0.15, 0.2) is 32.2 Å². The number of nitrogens with zero attached hydrogens (tertiary/aromatic N) is 5. The zero-order valence-corrected chi connectivity index (χ0v) is 6.62. The SMILES string of the molecule is C1=CC2N=CN=C3N=CN=C(N1)N32. The molecule has 64 valence electrons. The number of guanidine groups is 2. The molecule has 3 aliphatic heterocycles. The third-order valence-corrected chi connectivity index (χ3v) is 1.93. The Hall–Kier alpha value is -1.98. The maximum atomic E-state index is 4.17. The first-order valence-corrected chi connectivity index (χ1v) is 3.87. The fourth-order valence-corrected chi connectivity index (χ4v) is 1.36. The molecule has 1 unspecified atom stereocenters. The number of aliphatic imine (C=N–C) groups is 4. The van der Waals surface area contributed by atoms with Gasteiger partial charge < -0.3 is 5.32 Å². The van der Waals surface area contributed by atoms with Crippen molar-refractivity contribution in [2.75, 3.05) is 0 Å². The number of nitrogens with one attached hydrogen (secondary N) is 1. The van der Waals surface area contributed by atoms with Crippen molar-refractivity contribution in [3.63, 3.8) is 0 Å². The van der Waals surface area contributed by atoms with Crippen LogP contribution >= 0.6 is 0 Å². The van der Waals surface area contributed by atoms with Crippen LogP contribution in [0.4, 0.5) is 0 Å². The van der Waals surface area contributed by atoms with Crippen molar-refractivity contribution in [2.45, 2.75) is 6.17 Å². The molecule has 0 spiro atoms. The first kappa shape index (κ1) is 6.53. The van der Waals surface area contributed by atoms with E-state index in [9.17, 15) is 0 Å². The quantitative estimate of drug-likeness (QED) is 0.539. The van der Waals surface area contributed by atoms with E-state index < -0.39 is 0 Å². The lowest BCUT2D eigenvalue weighted by atomic mass is 10.3. The molecule has 1 atom stereocenters. The van der Waals surface area contributed by atoms with E-state index in [2.05, 4.69) is 25.3 Å². The van der Waals surface area contributed by atoms with E-state index in [1.54, 1.807) is 0 Å². The summed E-state index contributed by atoms with van der Waals surface area (Å²) in [7, 11) is 0. The maximum absolute atomic E-state index is 4.17. The average molecular weight is 174 g/mol. The summed E-state index contributed by atoms with van der Waals surface area (Å²) in [6.45, 7) is 0. The van der Waals surface area contributed by atoms with Gasteiger partial charge in [-0.3, -0.25) is 4.90 Å². The second kappa shape index (κ2) is 2.25. The molecule has 3 rings (SSSR count). The average Bonchev–Trinajstić information content (AvgIpc) is 2.19. The van der Waals surface area contributed by atoms with E-state index in [0.29, 0.717) is 5.96 Å². The predicted octanol–water partition coefficient (Wildman–Crippen LogP) is -0.473. The molecular weight excluding hydrogens is 168 g/mol. The van der Waals surface area contributed by atoms with Crippen molar-refractivity contribution in [3.05, 3.63) is 12.3 Å². The minimum Gasteiger partial charge on any atom is -0.332 e. The Kier molecular flexibility index (Phi) is 1.13. The van der Waals surface area contributed by atoms with Gasteiger partial charge in [-0.2, -0.15) is 0 Å². The van der Waals surface area contributed by atoms with Crippen LogP contribution in [-0.2, 0) is 0 Å². The maximum Gasteiger partial charge on any atom is 0.237 e. The fraction of sp³-hybridized carbons (Fsp3) is 0.143. The van der Waals surface area contributed by atoms with Crippen LogP contribution in [0.3, 0.4) is 0 Å². The van der Waals surface area contributed by atoms with E-state index in [1.807, 2.05) is 17.2 Å². The number of hydrogen-bond donors (Lipinski definition) is 1. The first-order chi connectivity index (χ1) is 6.45. The Morgan fingerprint density at radius 1 is 1.31 bits per heavy atom. The van der Waals surface area contributed by atoms with Gasteiger partial charge in [0.25, 0.3) is 0 Å². The van der Waals surface area contributed by atoms with Gasteiger partial charge in [-0.05, 0) is 6.08 Å². The highest BCUT2D eigenvalue weighted by atomic mass is 15.5. The van der Waals surface area contributed by atoms with Crippen LogP contribution < -0.4 is 5.32 Å². The molecule has 6 heteroatoms. The van der Waals surface area contributed by atoms with Gasteiger partial charge in [-0.15, -0.1) is 0 Å². The van der Waals surface area contributed by atoms with Gasteiger partial charge in [0.2, 0.25) is 11.9 Å². The van der Waals surface area contributed by atoms with Gasteiger partial charge in [-0.1, -0.05) is 0 Å². The molecule has 0 aromatic rings. The largest absolute Gasteiger partial charge is 0.332 e. The molecule has 0 saturated heterocycles. The van der Waals surface area contributed by atoms with Crippen molar-refractivity contribution >= 4 is 24.6 Å². The number of rotatable bonds is 0. The lowest BCUT2D eigenvalue weighted by molar-refractivity contribution is 0.487. The summed E-state index contributed by atoms with van der Waals surface area (Å²) < 4.78 is 0. The first-order valence-electron chi connectivity index (χ1n) is 3.87. The second-order valence-corrected chi connectivity index (χ2v) is 2.68. The van der Waals surface area contributed by atoms with Gasteiger partial charge in [0.1, 0.15) is 12.7 Å². The molecule has 0 fully saturated rings. The highest BCUT2D eigenvalue weighted by Gasteiger charge is 2.29. The Bertz CT molecular complexity index is 388. The van der Waals surface area contributed by atoms with E-state index in [4.69, 9.17) is 0 Å². The van der Waals surface area contributed by atoms with Crippen LogP contribution in [0, 0.1) is 0 Å². The Morgan fingerprint density at radius 2 is 2.31 bits per heavy atom. The zero-order valence-electron chi connectivity index (χ0n) is 6.62. The summed E-state index contributed by atoms with van der Waals surface area (Å²) in [6, 6.07) is 0. The molecular formula is C7H6N6. The fourth-order valence-electron chi connectivity index (χ4n) is 1.36. The van der Waals surface area contributed by atoms with Crippen molar-refractivity contribution in [3.8, 4) is 0 Å². The molecule has 0 radical (unpaired) electrons. The molecule has 0 aromatic heterocycles. The van der Waals surface area contributed by atoms with E-state index in [-0.39, 0.29) is 6.17 Å². The summed E-state index contributed by atoms with van der Waals surface area (Å²) in [5.74, 6) is 1.35. The summed E-state index contributed by atoms with van der Waals surface area (Å²) in [6.07, 6.45) is 6.69. The van der Waals surface area contributed by atoms with Gasteiger partial charge in [0, 0.05) is 6.20 Å². The summed E-state index contributed by atoms with van der Waals surface area (Å²) in [5.41, 5.74) is 0. The smallest absolute Gasteiger partial charge is 0.237 e. The normalized spacial score (nSPS) is 27.7. The van der Waals surface area contributed by atoms with Crippen LogP contribution in [-0.4, -0.2) is 35.7 Å². The van der Waals surface area contributed by atoms with Crippen molar-refractivity contribution < 1.29 is 0 Å². The second-order valence-electron chi connectivity index (χ2n) is 2.68. The van der Waals surface area contributed by atoms with Gasteiger partial charge in [0.05, 0.1) is 0 Å². The molecule has 0 aromatic carbocycles. The van der Waals surface area contributed by atoms with Gasteiger partial charge >= 0.3 is 0 Å². The van der Waals surface area contributed by atoms with E-state index in [1.165, 1.54) is 12.7 Å². The van der Waals surface area contributed by atoms with Crippen LogP contribution in [0.5, 0.6) is 0 Å². The third kappa shape index (κ3) is 0.821. The zero-order chi connectivity index (χ0) is 8.67. The summed E-state index contributed by atoms with van der Waals surface area (Å²) in [4.78, 5) is 18.1. The minimum atomic E-state index is -0.0510. The third-order valence-electron chi connectivity index (χ3n) is 1.93. The summed E-state index contributed by atoms with van der Waals surface area (Å²) >= 11 is 0. The molecule has 3 heterocycles. The van der Waals surface area contributed by atoms with Crippen LogP contribution in [0.25, 0.3) is 0 Å². The van der Waals surface area contributed by atoms with E-state index >= 15 is 0 Å². The van der Waals surface area contributed by atoms with Crippen molar-refractivity contribution in [2.24, 2.45) is 20.0 Å². The Morgan fingerprint density at radius 3 is 3.31 bits per heavy atom. The summed E-state index contributed by atoms with van der Waals surface area (Å²) in [5, 5.41) is 3.00. The van der Waals surface area contributed by atoms with Gasteiger partial charge in [-0.25, -0.2) is 20.0 Å². The molecule has 0 saturated carbocycles. The molecule has 0 bridgehead atoms. The van der Waals surface area contributed by atoms with Gasteiger partial charge in [0.15, 0.2) is 6.17 Å². The van der Waals surface area contributed by atoms with E-state index in [0.717, 1.165) is 5.96 Å². The predicted molar refractivity (Wildman–Crippen MR) is 49.8 cm³/mol. The standard InChI is InChI=1S/C7H6N6/c1-2-8-6-11-4-12-7-10-3-9-5(1)13(6)7/h1-5H,(H,8,9,10,11,12). The topological polar surface area (TPSA) is 64.7 Å². The monoisotopic (exact) mass is 174 g/mol. The lowest BCUT2D eigenvalue weighted by Gasteiger charge is -2.33. The highest BCUT2D eigenvalue weighted by Crippen LogP contribution is 2.14. The minimum absolute atomic E-state index is 0.0510. The molecule has 6 nitrogen and oxygen atoms in total. The molecule has 0 amide bonds. The molecule has 0 aliphatic carbocycles. The lowest BCUT2D eigenvalue weighted by Crippen LogP contribution is -2.52.